The molecule has 0 bridgehead atoms. The predicted molar refractivity (Wildman–Crippen MR) is 131 cm³/mol. The summed E-state index contributed by atoms with van der Waals surface area (Å²) in [6.45, 7) is 4.67. The Morgan fingerprint density at radius 1 is 0.700 bits per heavy atom. The Labute approximate surface area is 189 Å². The Balaban J connectivity index is 1.57. The Hall–Kier alpha value is -2.49. The van der Waals surface area contributed by atoms with Crippen LogP contribution in [0.1, 0.15) is 25.0 Å². The second-order valence-corrected chi connectivity index (χ2v) is 10.4. The highest BCUT2D eigenvalue weighted by atomic mass is 79.9. The molecular formula is C27H20BrNS. The number of para-hydroxylation sites is 2. The maximum absolute atomic E-state index is 3.66. The third-order valence-electron chi connectivity index (χ3n) is 6.31. The summed E-state index contributed by atoms with van der Waals surface area (Å²) in [4.78, 5) is 5.00. The fourth-order valence-corrected chi connectivity index (χ4v) is 6.24. The first-order valence-electron chi connectivity index (χ1n) is 10.1. The number of nitrogens with zero attached hydrogens (tertiary/aromatic N) is 1. The molecule has 1 nitrogen and oxygen atoms in total. The monoisotopic (exact) mass is 469 g/mol. The van der Waals surface area contributed by atoms with Crippen LogP contribution in [0.4, 0.5) is 17.1 Å². The van der Waals surface area contributed by atoms with Crippen molar-refractivity contribution in [3.63, 3.8) is 0 Å². The average molecular weight is 470 g/mol. The van der Waals surface area contributed by atoms with E-state index in [2.05, 4.69) is 120 Å². The van der Waals surface area contributed by atoms with Crippen LogP contribution in [0.5, 0.6) is 0 Å². The molecule has 4 aromatic carbocycles. The second-order valence-electron chi connectivity index (χ2n) is 8.42. The molecule has 2 aliphatic rings. The number of rotatable bonds is 1. The van der Waals surface area contributed by atoms with Crippen molar-refractivity contribution in [2.45, 2.75) is 29.1 Å². The summed E-state index contributed by atoms with van der Waals surface area (Å²) in [5.74, 6) is 0. The zero-order valence-electron chi connectivity index (χ0n) is 16.8. The van der Waals surface area contributed by atoms with Crippen LogP contribution in [0.2, 0.25) is 0 Å². The molecule has 0 aromatic heterocycles. The lowest BCUT2D eigenvalue weighted by molar-refractivity contribution is 0.660. The summed E-state index contributed by atoms with van der Waals surface area (Å²) >= 11 is 5.51. The fraction of sp³-hybridized carbons (Fsp3) is 0.111. The fourth-order valence-electron chi connectivity index (χ4n) is 4.82. The van der Waals surface area contributed by atoms with Crippen molar-refractivity contribution in [2.75, 3.05) is 4.90 Å². The third kappa shape index (κ3) is 2.55. The molecule has 1 aliphatic heterocycles. The van der Waals surface area contributed by atoms with Gasteiger partial charge in [0.05, 0.1) is 11.4 Å². The zero-order valence-corrected chi connectivity index (χ0v) is 19.2. The lowest BCUT2D eigenvalue weighted by Gasteiger charge is -2.33. The number of hydrogen-bond donors (Lipinski definition) is 0. The van der Waals surface area contributed by atoms with Crippen molar-refractivity contribution in [1.82, 2.24) is 0 Å². The normalized spacial score (nSPS) is 15.2. The quantitative estimate of drug-likeness (QED) is 0.241. The molecule has 0 unspecified atom stereocenters. The Kier molecular flexibility index (Phi) is 3.96. The first-order valence-corrected chi connectivity index (χ1v) is 11.8. The molecule has 0 fully saturated rings. The minimum atomic E-state index is -0.0337. The van der Waals surface area contributed by atoms with E-state index in [9.17, 15) is 0 Å². The van der Waals surface area contributed by atoms with Gasteiger partial charge in [0.1, 0.15) is 0 Å². The minimum absolute atomic E-state index is 0.0337. The molecule has 3 heteroatoms. The number of anilines is 3. The number of benzene rings is 4. The van der Waals surface area contributed by atoms with Gasteiger partial charge in [-0.15, -0.1) is 0 Å². The van der Waals surface area contributed by atoms with Crippen LogP contribution in [-0.4, -0.2) is 0 Å². The van der Waals surface area contributed by atoms with E-state index in [4.69, 9.17) is 0 Å². The summed E-state index contributed by atoms with van der Waals surface area (Å²) in [5.41, 5.74) is 9.15. The Morgan fingerprint density at radius 3 is 1.93 bits per heavy atom. The topological polar surface area (TPSA) is 3.24 Å². The molecule has 6 rings (SSSR count). The molecule has 0 atom stereocenters. The largest absolute Gasteiger partial charge is 0.308 e. The lowest BCUT2D eigenvalue weighted by Crippen LogP contribution is -2.18. The first-order chi connectivity index (χ1) is 14.5. The van der Waals surface area contributed by atoms with Gasteiger partial charge in [-0.25, -0.2) is 0 Å². The highest BCUT2D eigenvalue weighted by molar-refractivity contribution is 9.10. The van der Waals surface area contributed by atoms with Crippen molar-refractivity contribution in [2.24, 2.45) is 0 Å². The maximum atomic E-state index is 3.66. The molecule has 0 saturated carbocycles. The van der Waals surface area contributed by atoms with Crippen LogP contribution in [0.25, 0.3) is 11.1 Å². The van der Waals surface area contributed by atoms with Gasteiger partial charge in [0.2, 0.25) is 0 Å². The van der Waals surface area contributed by atoms with Crippen LogP contribution in [0.3, 0.4) is 0 Å². The maximum Gasteiger partial charge on any atom is 0.0601 e. The van der Waals surface area contributed by atoms with Gasteiger partial charge in [-0.1, -0.05) is 77.9 Å². The van der Waals surface area contributed by atoms with E-state index in [1.807, 2.05) is 11.8 Å². The molecule has 146 valence electrons. The molecule has 0 N–H and O–H groups in total. The minimum Gasteiger partial charge on any atom is -0.308 e. The highest BCUT2D eigenvalue weighted by Crippen LogP contribution is 2.54. The molecule has 30 heavy (non-hydrogen) atoms. The van der Waals surface area contributed by atoms with Crippen LogP contribution in [0.15, 0.2) is 99.2 Å². The molecule has 4 aromatic rings. The summed E-state index contributed by atoms with van der Waals surface area (Å²) in [6.07, 6.45) is 0. The van der Waals surface area contributed by atoms with E-state index in [0.29, 0.717) is 0 Å². The molecule has 1 aliphatic carbocycles. The average Bonchev–Trinajstić information content (AvgIpc) is 2.98. The molecule has 0 saturated heterocycles. The summed E-state index contributed by atoms with van der Waals surface area (Å²) in [6, 6.07) is 31.0. The van der Waals surface area contributed by atoms with E-state index in [0.717, 1.165) is 4.47 Å². The van der Waals surface area contributed by atoms with Crippen LogP contribution >= 0.6 is 27.7 Å². The molecule has 0 radical (unpaired) electrons. The summed E-state index contributed by atoms with van der Waals surface area (Å²) in [5, 5.41) is 0. The standard InChI is InChI=1S/C27H20BrNS/c1-27(2)21-15-17(28)11-13-19(21)20-14-12-18(16-22(20)27)29-23-7-3-5-9-25(23)30-26-10-6-4-8-24(26)29/h3-16H,1-2H3. The van der Waals surface area contributed by atoms with Crippen LogP contribution in [-0.2, 0) is 5.41 Å². The van der Waals surface area contributed by atoms with Gasteiger partial charge in [0, 0.05) is 25.4 Å². The summed E-state index contributed by atoms with van der Waals surface area (Å²) in [7, 11) is 0. The van der Waals surface area contributed by atoms with Gasteiger partial charge in [0.25, 0.3) is 0 Å². The van der Waals surface area contributed by atoms with Gasteiger partial charge in [0.15, 0.2) is 0 Å². The van der Waals surface area contributed by atoms with Crippen molar-refractivity contribution in [3.8, 4) is 11.1 Å². The van der Waals surface area contributed by atoms with E-state index in [1.54, 1.807) is 0 Å². The molecule has 0 spiro atoms. The number of hydrogen-bond acceptors (Lipinski definition) is 2. The van der Waals surface area contributed by atoms with E-state index >= 15 is 0 Å². The smallest absolute Gasteiger partial charge is 0.0601 e. The van der Waals surface area contributed by atoms with E-state index in [-0.39, 0.29) is 5.41 Å². The molecule has 1 heterocycles. The number of fused-ring (bicyclic) bond motifs is 5. The Bertz CT molecular complexity index is 1280. The summed E-state index contributed by atoms with van der Waals surface area (Å²) < 4.78 is 1.14. The van der Waals surface area contributed by atoms with Crippen molar-refractivity contribution in [3.05, 3.63) is 101 Å². The molecule has 0 amide bonds. The van der Waals surface area contributed by atoms with Crippen LogP contribution in [0, 0.1) is 0 Å². The van der Waals surface area contributed by atoms with Crippen molar-refractivity contribution < 1.29 is 0 Å². The SMILES string of the molecule is CC1(C)c2cc(Br)ccc2-c2ccc(N3c4ccccc4Sc4ccccc43)cc21. The second kappa shape index (κ2) is 6.50. The van der Waals surface area contributed by atoms with Crippen molar-refractivity contribution in [1.29, 1.82) is 0 Å². The van der Waals surface area contributed by atoms with Crippen LogP contribution < -0.4 is 4.90 Å². The Morgan fingerprint density at radius 2 is 1.27 bits per heavy atom. The lowest BCUT2D eigenvalue weighted by atomic mass is 9.82. The van der Waals surface area contributed by atoms with Gasteiger partial charge >= 0.3 is 0 Å². The molecular weight excluding hydrogens is 450 g/mol. The van der Waals surface area contributed by atoms with Gasteiger partial charge in [-0.05, 0) is 70.8 Å². The third-order valence-corrected chi connectivity index (χ3v) is 7.94. The first kappa shape index (κ1) is 18.3. The van der Waals surface area contributed by atoms with Gasteiger partial charge in [-0.2, -0.15) is 0 Å². The van der Waals surface area contributed by atoms with Gasteiger partial charge < -0.3 is 4.90 Å². The highest BCUT2D eigenvalue weighted by Gasteiger charge is 2.36. The predicted octanol–water partition coefficient (Wildman–Crippen LogP) is 8.69. The van der Waals surface area contributed by atoms with E-state index < -0.39 is 0 Å². The number of halogens is 1. The van der Waals surface area contributed by atoms with Gasteiger partial charge in [-0.3, -0.25) is 0 Å². The zero-order chi connectivity index (χ0) is 20.5. The van der Waals surface area contributed by atoms with E-state index in [1.165, 1.54) is 49.1 Å². The van der Waals surface area contributed by atoms with Crippen molar-refractivity contribution >= 4 is 44.8 Å².